The van der Waals surface area contributed by atoms with E-state index in [9.17, 15) is 9.90 Å². The molecule has 0 saturated heterocycles. The minimum Gasteiger partial charge on any atom is -0.871 e. The topological polar surface area (TPSA) is 48.1 Å². The molecule has 3 aromatic rings. The average Bonchev–Trinajstić information content (AvgIpc) is 3.27. The van der Waals surface area contributed by atoms with Gasteiger partial charge in [0.05, 0.1) is 11.3 Å². The normalized spacial score (nSPS) is 20.6. The number of fused-ring (bicyclic) bond motifs is 2. The largest absolute Gasteiger partial charge is 0.871 e. The summed E-state index contributed by atoms with van der Waals surface area (Å²) in [5.74, 6) is -0.135. The zero-order valence-electron chi connectivity index (χ0n) is 24.5. The molecule has 4 heteroatoms. The Balaban J connectivity index is 1.27. The molecular weight excluding hydrogens is 516 g/mol. The highest BCUT2D eigenvalue weighted by atomic mass is 16.3. The van der Waals surface area contributed by atoms with Crippen LogP contribution in [0.1, 0.15) is 79.4 Å². The van der Waals surface area contributed by atoms with E-state index >= 15 is 0 Å². The lowest BCUT2D eigenvalue weighted by molar-refractivity contribution is -0.470. The van der Waals surface area contributed by atoms with Gasteiger partial charge in [-0.2, -0.15) is 4.58 Å². The molecule has 1 aliphatic heterocycles. The van der Waals surface area contributed by atoms with E-state index in [-0.39, 0.29) is 11.5 Å². The van der Waals surface area contributed by atoms with Gasteiger partial charge >= 0.3 is 0 Å². The van der Waals surface area contributed by atoms with Crippen molar-refractivity contribution in [1.29, 1.82) is 0 Å². The van der Waals surface area contributed by atoms with Crippen molar-refractivity contribution in [2.45, 2.75) is 83.6 Å². The van der Waals surface area contributed by atoms with Gasteiger partial charge in [-0.25, -0.2) is 0 Å². The van der Waals surface area contributed by atoms with Gasteiger partial charge in [0.25, 0.3) is 0 Å². The summed E-state index contributed by atoms with van der Waals surface area (Å²) in [6.07, 6.45) is 15.2. The van der Waals surface area contributed by atoms with Gasteiger partial charge in [-0.15, -0.1) is 0 Å². The molecule has 0 unspecified atom stereocenters. The Morgan fingerprint density at radius 1 is 0.738 bits per heavy atom. The van der Waals surface area contributed by atoms with Crippen LogP contribution in [0.5, 0.6) is 0 Å². The Bertz CT molecular complexity index is 1630. The first-order valence-corrected chi connectivity index (χ1v) is 16.0. The van der Waals surface area contributed by atoms with E-state index in [2.05, 4.69) is 69.8 Å². The smallest absolute Gasteiger partial charge is 0.216 e. The maximum Gasteiger partial charge on any atom is 0.216 e. The summed E-state index contributed by atoms with van der Waals surface area (Å²) < 4.78 is 4.64. The summed E-state index contributed by atoms with van der Waals surface area (Å²) in [6.45, 7) is 1.58. The second-order valence-corrected chi connectivity index (χ2v) is 12.3. The van der Waals surface area contributed by atoms with Crippen LogP contribution in [0.4, 0.5) is 0 Å². The third-order valence-corrected chi connectivity index (χ3v) is 9.67. The number of carbonyl (C=O) groups excluding carboxylic acids is 1. The molecule has 1 fully saturated rings. The van der Waals surface area contributed by atoms with Crippen molar-refractivity contribution in [3.05, 3.63) is 123 Å². The van der Waals surface area contributed by atoms with Crippen molar-refractivity contribution in [1.82, 2.24) is 4.57 Å². The molecule has 4 aliphatic rings. The first-order valence-electron chi connectivity index (χ1n) is 16.0. The minimum atomic E-state index is -0.0674. The Hall–Kier alpha value is -3.92. The maximum atomic E-state index is 14.1. The Morgan fingerprint density at radius 2 is 1.40 bits per heavy atom. The molecule has 0 bridgehead atoms. The molecule has 4 nitrogen and oxygen atoms in total. The summed E-state index contributed by atoms with van der Waals surface area (Å²) in [5.41, 5.74) is 10.4. The molecule has 214 valence electrons. The number of rotatable bonds is 7. The Morgan fingerprint density at radius 3 is 2.14 bits per heavy atom. The molecule has 0 N–H and O–H groups in total. The van der Waals surface area contributed by atoms with Gasteiger partial charge in [0.1, 0.15) is 0 Å². The van der Waals surface area contributed by atoms with Crippen LogP contribution >= 0.6 is 0 Å². The average molecular weight is 557 g/mol. The third kappa shape index (κ3) is 5.02. The minimum absolute atomic E-state index is 0.0674. The van der Waals surface area contributed by atoms with Gasteiger partial charge in [0.2, 0.25) is 11.5 Å². The molecule has 0 atom stereocenters. The standard InChI is InChI=1S/C38H40N2O2/c41-37-35(33-25-29-17-9-3-11-19-31(29)39(33)23-21-27-13-5-1-6-14-27)38(42)36(37)34-26-30-18-10-4-12-20-32(30)40(34)24-22-28-15-7-2-8-16-28/h1-2,5-8,13-16,25-26H,3-4,9-12,17-24H2. The zero-order valence-corrected chi connectivity index (χ0v) is 24.5. The lowest BCUT2D eigenvalue weighted by Crippen LogP contribution is -2.33. The van der Waals surface area contributed by atoms with E-state index in [0.717, 1.165) is 75.8 Å². The molecule has 0 amide bonds. The number of ketones is 1. The van der Waals surface area contributed by atoms with Gasteiger partial charge in [-0.3, -0.25) is 4.79 Å². The van der Waals surface area contributed by atoms with Gasteiger partial charge < -0.3 is 9.67 Å². The van der Waals surface area contributed by atoms with E-state index in [1.165, 1.54) is 59.4 Å². The number of hydrogen-bond donors (Lipinski definition) is 0. The number of hydrogen-bond acceptors (Lipinski definition) is 2. The van der Waals surface area contributed by atoms with Crippen molar-refractivity contribution in [2.24, 2.45) is 0 Å². The number of benzene rings is 2. The highest BCUT2D eigenvalue weighted by molar-refractivity contribution is 6.39. The Kier molecular flexibility index (Phi) is 7.54. The lowest BCUT2D eigenvalue weighted by atomic mass is 9.84. The highest BCUT2D eigenvalue weighted by Gasteiger charge is 2.41. The SMILES string of the molecule is O=C1C(c2cc3c(n2CCc2ccccc2)CCCCC3)=C([O-])/C1=C1\C=C2CCCCCC2=[N+]1CCc1ccccc1. The molecule has 2 aromatic carbocycles. The highest BCUT2D eigenvalue weighted by Crippen LogP contribution is 2.41. The number of nitrogens with zero attached hydrogens (tertiary/aromatic N) is 2. The summed E-state index contributed by atoms with van der Waals surface area (Å²) in [6, 6.07) is 23.2. The van der Waals surface area contributed by atoms with Gasteiger partial charge in [-0.05, 0) is 74.1 Å². The number of aromatic nitrogens is 1. The van der Waals surface area contributed by atoms with Crippen molar-refractivity contribution in [3.8, 4) is 0 Å². The second kappa shape index (κ2) is 11.8. The molecule has 0 spiro atoms. The second-order valence-electron chi connectivity index (χ2n) is 12.3. The fourth-order valence-corrected chi connectivity index (χ4v) is 7.44. The third-order valence-electron chi connectivity index (χ3n) is 9.67. The van der Waals surface area contributed by atoms with E-state index in [1.54, 1.807) is 0 Å². The first kappa shape index (κ1) is 26.9. The lowest BCUT2D eigenvalue weighted by Gasteiger charge is -2.31. The van der Waals surface area contributed by atoms with Crippen molar-refractivity contribution in [3.63, 3.8) is 0 Å². The molecule has 1 aromatic heterocycles. The van der Waals surface area contributed by atoms with E-state index < -0.39 is 0 Å². The molecule has 3 aliphatic carbocycles. The molecule has 7 rings (SSSR count). The van der Waals surface area contributed by atoms with Crippen molar-refractivity contribution >= 4 is 17.1 Å². The number of aryl methyl sites for hydroxylation is 2. The molecular formula is C38H40N2O2. The number of Topliss-reactive ketones (excluding diaryl/α,β-unsaturated/α-hetero) is 1. The van der Waals surface area contributed by atoms with Crippen molar-refractivity contribution < 1.29 is 14.5 Å². The van der Waals surface area contributed by atoms with E-state index in [0.29, 0.717) is 11.1 Å². The van der Waals surface area contributed by atoms with Crippen LogP contribution in [0.25, 0.3) is 5.57 Å². The van der Waals surface area contributed by atoms with Crippen LogP contribution < -0.4 is 5.11 Å². The number of carbonyl (C=O) groups is 1. The molecule has 2 heterocycles. The van der Waals surface area contributed by atoms with Crippen LogP contribution in [0.15, 0.2) is 95.4 Å². The monoisotopic (exact) mass is 556 g/mol. The predicted molar refractivity (Wildman–Crippen MR) is 166 cm³/mol. The summed E-state index contributed by atoms with van der Waals surface area (Å²) >= 11 is 0. The van der Waals surface area contributed by atoms with Crippen LogP contribution in [0.2, 0.25) is 0 Å². The van der Waals surface area contributed by atoms with Crippen LogP contribution in [-0.4, -0.2) is 27.2 Å². The fraction of sp³-hybridized carbons (Fsp3) is 0.368. The number of allylic oxidation sites excluding steroid dienone is 4. The van der Waals surface area contributed by atoms with Gasteiger partial charge in [0.15, 0.2) is 12.3 Å². The van der Waals surface area contributed by atoms with Gasteiger partial charge in [0, 0.05) is 42.3 Å². The molecule has 42 heavy (non-hydrogen) atoms. The van der Waals surface area contributed by atoms with Crippen LogP contribution in [0.3, 0.4) is 0 Å². The maximum absolute atomic E-state index is 14.1. The summed E-state index contributed by atoms with van der Waals surface area (Å²) in [5, 5.41) is 14.1. The zero-order chi connectivity index (χ0) is 28.5. The van der Waals surface area contributed by atoms with E-state index in [4.69, 9.17) is 0 Å². The molecule has 1 saturated carbocycles. The first-order chi connectivity index (χ1) is 20.7. The summed E-state index contributed by atoms with van der Waals surface area (Å²) in [7, 11) is 0. The fourth-order valence-electron chi connectivity index (χ4n) is 7.44. The predicted octanol–water partition coefficient (Wildman–Crippen LogP) is 6.51. The van der Waals surface area contributed by atoms with Crippen LogP contribution in [0, 0.1) is 0 Å². The summed E-state index contributed by atoms with van der Waals surface area (Å²) in [4.78, 5) is 14.1. The van der Waals surface area contributed by atoms with Gasteiger partial charge in [-0.1, -0.05) is 79.3 Å². The van der Waals surface area contributed by atoms with Crippen LogP contribution in [-0.2, 0) is 37.0 Å². The molecule has 0 radical (unpaired) electrons. The van der Waals surface area contributed by atoms with E-state index in [1.807, 2.05) is 12.1 Å². The van der Waals surface area contributed by atoms with Crippen molar-refractivity contribution in [2.75, 3.05) is 6.54 Å². The Labute approximate surface area is 249 Å². The quantitative estimate of drug-likeness (QED) is 0.189.